The summed E-state index contributed by atoms with van der Waals surface area (Å²) in [6.07, 6.45) is 2.55. The highest BCUT2D eigenvalue weighted by Crippen LogP contribution is 2.34. The zero-order chi connectivity index (χ0) is 21.6. The van der Waals surface area contributed by atoms with Crippen LogP contribution in [0.1, 0.15) is 16.7 Å². The van der Waals surface area contributed by atoms with E-state index in [1.807, 2.05) is 66.7 Å². The molecular formula is C25H20FNO2S2. The van der Waals surface area contributed by atoms with Crippen molar-refractivity contribution in [3.8, 4) is 5.75 Å². The normalized spacial score (nSPS) is 15.0. The monoisotopic (exact) mass is 449 g/mol. The van der Waals surface area contributed by atoms with Crippen LogP contribution in [0.2, 0.25) is 0 Å². The van der Waals surface area contributed by atoms with Crippen LogP contribution in [0.3, 0.4) is 0 Å². The van der Waals surface area contributed by atoms with Gasteiger partial charge in [-0.05, 0) is 41.8 Å². The zero-order valence-corrected chi connectivity index (χ0v) is 18.3. The lowest BCUT2D eigenvalue weighted by Gasteiger charge is -2.14. The van der Waals surface area contributed by atoms with Crippen LogP contribution >= 0.6 is 24.0 Å². The van der Waals surface area contributed by atoms with Crippen molar-refractivity contribution in [3.63, 3.8) is 0 Å². The number of carbonyl (C=O) groups is 1. The van der Waals surface area contributed by atoms with Gasteiger partial charge in [0, 0.05) is 12.1 Å². The summed E-state index contributed by atoms with van der Waals surface area (Å²) in [4.78, 5) is 15.2. The van der Waals surface area contributed by atoms with E-state index in [9.17, 15) is 9.18 Å². The molecule has 3 nitrogen and oxygen atoms in total. The van der Waals surface area contributed by atoms with E-state index in [1.165, 1.54) is 23.9 Å². The average Bonchev–Trinajstić information content (AvgIpc) is 3.05. The number of para-hydroxylation sites is 1. The largest absolute Gasteiger partial charge is 0.488 e. The van der Waals surface area contributed by atoms with Crippen LogP contribution in [-0.2, 0) is 17.8 Å². The van der Waals surface area contributed by atoms with Crippen LogP contribution in [0, 0.1) is 5.82 Å². The number of carbonyl (C=O) groups excluding carboxylic acids is 1. The fraction of sp³-hybridized carbons (Fsp3) is 0.120. The molecule has 0 atom stereocenters. The summed E-state index contributed by atoms with van der Waals surface area (Å²) in [7, 11) is 0. The highest BCUT2D eigenvalue weighted by Gasteiger charge is 2.31. The second kappa shape index (κ2) is 9.90. The number of halogens is 1. The van der Waals surface area contributed by atoms with E-state index >= 15 is 0 Å². The zero-order valence-electron chi connectivity index (χ0n) is 16.7. The van der Waals surface area contributed by atoms with Gasteiger partial charge in [-0.2, -0.15) is 0 Å². The number of rotatable bonds is 7. The van der Waals surface area contributed by atoms with E-state index in [0.717, 1.165) is 23.1 Å². The Balaban J connectivity index is 1.47. The third-order valence-corrected chi connectivity index (χ3v) is 6.21. The fourth-order valence-corrected chi connectivity index (χ4v) is 4.54. The molecule has 3 aromatic carbocycles. The van der Waals surface area contributed by atoms with Crippen molar-refractivity contribution in [2.45, 2.75) is 13.0 Å². The number of amides is 1. The van der Waals surface area contributed by atoms with Crippen molar-refractivity contribution < 1.29 is 13.9 Å². The molecule has 0 radical (unpaired) electrons. The quantitative estimate of drug-likeness (QED) is 0.334. The molecule has 6 heteroatoms. The number of nitrogens with zero attached hydrogens (tertiary/aromatic N) is 1. The van der Waals surface area contributed by atoms with E-state index in [1.54, 1.807) is 11.0 Å². The summed E-state index contributed by atoms with van der Waals surface area (Å²) < 4.78 is 19.9. The van der Waals surface area contributed by atoms with Crippen LogP contribution in [0.4, 0.5) is 4.39 Å². The summed E-state index contributed by atoms with van der Waals surface area (Å²) in [5, 5.41) is 0. The minimum absolute atomic E-state index is 0.0918. The minimum Gasteiger partial charge on any atom is -0.488 e. The summed E-state index contributed by atoms with van der Waals surface area (Å²) >= 11 is 6.75. The summed E-state index contributed by atoms with van der Waals surface area (Å²) in [5.74, 6) is 0.237. The number of hydrogen-bond acceptors (Lipinski definition) is 4. The first kappa shape index (κ1) is 21.3. The van der Waals surface area contributed by atoms with E-state index in [0.29, 0.717) is 21.5 Å². The maximum atomic E-state index is 13.4. The van der Waals surface area contributed by atoms with Gasteiger partial charge in [-0.25, -0.2) is 4.39 Å². The molecule has 0 saturated carbocycles. The number of hydrogen-bond donors (Lipinski definition) is 0. The SMILES string of the molecule is O=C1/C(=C/c2ccccc2OCc2cccc(F)c2)SC(=S)N1CCc1ccccc1. The van der Waals surface area contributed by atoms with Gasteiger partial charge in [0.25, 0.3) is 5.91 Å². The maximum Gasteiger partial charge on any atom is 0.266 e. The summed E-state index contributed by atoms with van der Waals surface area (Å²) in [5.41, 5.74) is 2.68. The molecule has 1 amide bonds. The molecule has 31 heavy (non-hydrogen) atoms. The van der Waals surface area contributed by atoms with E-state index in [-0.39, 0.29) is 18.3 Å². The molecule has 156 valence electrons. The molecule has 0 aromatic heterocycles. The number of thiocarbonyl (C=S) groups is 1. The highest BCUT2D eigenvalue weighted by atomic mass is 32.2. The molecule has 1 saturated heterocycles. The molecule has 0 spiro atoms. The third kappa shape index (κ3) is 5.40. The topological polar surface area (TPSA) is 29.5 Å². The van der Waals surface area contributed by atoms with Gasteiger partial charge < -0.3 is 4.74 Å². The van der Waals surface area contributed by atoms with Gasteiger partial charge in [0.2, 0.25) is 0 Å². The van der Waals surface area contributed by atoms with Gasteiger partial charge in [-0.3, -0.25) is 9.69 Å². The van der Waals surface area contributed by atoms with Gasteiger partial charge in [-0.1, -0.05) is 84.6 Å². The lowest BCUT2D eigenvalue weighted by molar-refractivity contribution is -0.122. The number of ether oxygens (including phenoxy) is 1. The molecule has 1 heterocycles. The maximum absolute atomic E-state index is 13.4. The molecule has 0 unspecified atom stereocenters. The van der Waals surface area contributed by atoms with Crippen LogP contribution < -0.4 is 4.74 Å². The van der Waals surface area contributed by atoms with E-state index in [2.05, 4.69) is 0 Å². The molecule has 0 bridgehead atoms. The Kier molecular flexibility index (Phi) is 6.79. The van der Waals surface area contributed by atoms with Crippen molar-refractivity contribution in [2.24, 2.45) is 0 Å². The third-order valence-electron chi connectivity index (χ3n) is 4.83. The van der Waals surface area contributed by atoms with E-state index < -0.39 is 0 Å². The fourth-order valence-electron chi connectivity index (χ4n) is 3.24. The van der Waals surface area contributed by atoms with Gasteiger partial charge in [-0.15, -0.1) is 0 Å². The lowest BCUT2D eigenvalue weighted by atomic mass is 10.1. The number of benzene rings is 3. The van der Waals surface area contributed by atoms with Crippen LogP contribution in [0.15, 0.2) is 83.8 Å². The van der Waals surface area contributed by atoms with Crippen molar-refractivity contribution in [1.29, 1.82) is 0 Å². The molecule has 3 aromatic rings. The summed E-state index contributed by atoms with van der Waals surface area (Å²) in [6.45, 7) is 0.782. The second-order valence-corrected chi connectivity index (χ2v) is 8.70. The van der Waals surface area contributed by atoms with Gasteiger partial charge in [0.1, 0.15) is 22.5 Å². The smallest absolute Gasteiger partial charge is 0.266 e. The minimum atomic E-state index is -0.298. The van der Waals surface area contributed by atoms with Gasteiger partial charge in [0.05, 0.1) is 4.91 Å². The molecule has 1 aliphatic rings. The standard InChI is InChI=1S/C25H20FNO2S2/c26-21-11-6-9-19(15-21)17-29-22-12-5-4-10-20(22)16-23-24(28)27(25(30)31-23)14-13-18-7-2-1-3-8-18/h1-12,15-16H,13-14,17H2/b23-16-. The van der Waals surface area contributed by atoms with Crippen LogP contribution in [0.5, 0.6) is 5.75 Å². The van der Waals surface area contributed by atoms with Gasteiger partial charge in [0.15, 0.2) is 0 Å². The highest BCUT2D eigenvalue weighted by molar-refractivity contribution is 8.26. The second-order valence-electron chi connectivity index (χ2n) is 7.03. The first-order chi connectivity index (χ1) is 15.1. The Hall–Kier alpha value is -2.96. The first-order valence-corrected chi connectivity index (χ1v) is 11.1. The van der Waals surface area contributed by atoms with Crippen molar-refractivity contribution >= 4 is 40.3 Å². The molecule has 1 fully saturated rings. The Morgan fingerprint density at radius 2 is 1.71 bits per heavy atom. The molecule has 1 aliphatic heterocycles. The average molecular weight is 450 g/mol. The van der Waals surface area contributed by atoms with Gasteiger partial charge >= 0.3 is 0 Å². The lowest BCUT2D eigenvalue weighted by Crippen LogP contribution is -2.30. The summed E-state index contributed by atoms with van der Waals surface area (Å²) in [6, 6.07) is 23.8. The van der Waals surface area contributed by atoms with Crippen LogP contribution in [0.25, 0.3) is 6.08 Å². The first-order valence-electron chi connectivity index (χ1n) is 9.86. The Morgan fingerprint density at radius 3 is 2.52 bits per heavy atom. The Bertz CT molecular complexity index is 1130. The van der Waals surface area contributed by atoms with E-state index in [4.69, 9.17) is 17.0 Å². The van der Waals surface area contributed by atoms with Crippen LogP contribution in [-0.4, -0.2) is 21.7 Å². The van der Waals surface area contributed by atoms with Crippen molar-refractivity contribution in [2.75, 3.05) is 6.54 Å². The van der Waals surface area contributed by atoms with Crippen molar-refractivity contribution in [1.82, 2.24) is 4.90 Å². The molecule has 4 rings (SSSR count). The number of thioether (sulfide) groups is 1. The Labute approximate surface area is 190 Å². The Morgan fingerprint density at radius 1 is 0.968 bits per heavy atom. The molecular weight excluding hydrogens is 429 g/mol. The molecule has 0 aliphatic carbocycles. The predicted molar refractivity (Wildman–Crippen MR) is 127 cm³/mol. The van der Waals surface area contributed by atoms with Crippen molar-refractivity contribution in [3.05, 3.63) is 106 Å². The molecule has 0 N–H and O–H groups in total. The predicted octanol–water partition coefficient (Wildman–Crippen LogP) is 5.85.